The standard InChI is InChI=1S/C19H22N4O/c1-3-16-18(14-7-5-4-6-8-14)17(19(20)24)13(2)23(16)10-9-15-11-21-12-22-15/h4-8,11-12H,3,9-10H2,1-2H3,(H2,20,24)(H,21,22). The number of imidazole rings is 1. The highest BCUT2D eigenvalue weighted by molar-refractivity contribution is 6.02. The van der Waals surface area contributed by atoms with Crippen molar-refractivity contribution in [3.8, 4) is 11.1 Å². The van der Waals surface area contributed by atoms with E-state index in [0.717, 1.165) is 47.6 Å². The van der Waals surface area contributed by atoms with Crippen LogP contribution in [0.5, 0.6) is 0 Å². The van der Waals surface area contributed by atoms with Crippen molar-refractivity contribution in [2.24, 2.45) is 5.73 Å². The van der Waals surface area contributed by atoms with E-state index in [1.165, 1.54) is 0 Å². The normalized spacial score (nSPS) is 10.9. The lowest BCUT2D eigenvalue weighted by atomic mass is 9.99. The minimum Gasteiger partial charge on any atom is -0.366 e. The number of benzene rings is 1. The zero-order valence-corrected chi connectivity index (χ0v) is 14.0. The van der Waals surface area contributed by atoms with E-state index in [4.69, 9.17) is 5.73 Å². The largest absolute Gasteiger partial charge is 0.366 e. The Hall–Kier alpha value is -2.82. The second-order valence-electron chi connectivity index (χ2n) is 5.84. The Morgan fingerprint density at radius 2 is 2.04 bits per heavy atom. The number of hydrogen-bond donors (Lipinski definition) is 2. The molecule has 0 saturated carbocycles. The van der Waals surface area contributed by atoms with Crippen molar-refractivity contribution in [1.29, 1.82) is 0 Å². The van der Waals surface area contributed by atoms with Crippen LogP contribution in [-0.2, 0) is 19.4 Å². The molecular weight excluding hydrogens is 300 g/mol. The predicted octanol–water partition coefficient (Wildman–Crippen LogP) is 3.09. The number of primary amides is 1. The Morgan fingerprint density at radius 1 is 1.29 bits per heavy atom. The maximum atomic E-state index is 12.1. The van der Waals surface area contributed by atoms with Gasteiger partial charge in [0, 0.05) is 41.8 Å². The van der Waals surface area contributed by atoms with E-state index in [1.807, 2.05) is 43.5 Å². The summed E-state index contributed by atoms with van der Waals surface area (Å²) in [5.74, 6) is -0.374. The van der Waals surface area contributed by atoms with Gasteiger partial charge in [0.1, 0.15) is 0 Å². The molecule has 1 amide bonds. The van der Waals surface area contributed by atoms with Gasteiger partial charge in [-0.2, -0.15) is 0 Å². The summed E-state index contributed by atoms with van der Waals surface area (Å²) in [5.41, 5.74) is 11.5. The molecule has 2 aromatic heterocycles. The highest BCUT2D eigenvalue weighted by Crippen LogP contribution is 2.33. The van der Waals surface area contributed by atoms with E-state index >= 15 is 0 Å². The van der Waals surface area contributed by atoms with Gasteiger partial charge in [-0.3, -0.25) is 4.79 Å². The lowest BCUT2D eigenvalue weighted by Gasteiger charge is -2.11. The van der Waals surface area contributed by atoms with E-state index in [1.54, 1.807) is 6.33 Å². The van der Waals surface area contributed by atoms with Crippen LogP contribution < -0.4 is 5.73 Å². The average Bonchev–Trinajstić information content (AvgIpc) is 3.19. The van der Waals surface area contributed by atoms with E-state index in [-0.39, 0.29) is 5.91 Å². The third-order valence-corrected chi connectivity index (χ3v) is 4.43. The van der Waals surface area contributed by atoms with Crippen LogP contribution in [0, 0.1) is 6.92 Å². The number of rotatable bonds is 6. The molecule has 0 unspecified atom stereocenters. The Bertz CT molecular complexity index is 832. The van der Waals surface area contributed by atoms with Gasteiger partial charge in [-0.1, -0.05) is 37.3 Å². The molecule has 0 aliphatic carbocycles. The van der Waals surface area contributed by atoms with Crippen LogP contribution in [0.3, 0.4) is 0 Å². The molecule has 0 atom stereocenters. The number of aryl methyl sites for hydroxylation is 1. The number of hydrogen-bond acceptors (Lipinski definition) is 2. The first-order valence-electron chi connectivity index (χ1n) is 8.17. The number of nitrogens with zero attached hydrogens (tertiary/aromatic N) is 2. The van der Waals surface area contributed by atoms with Gasteiger partial charge in [0.25, 0.3) is 5.91 Å². The quantitative estimate of drug-likeness (QED) is 0.731. The fraction of sp³-hybridized carbons (Fsp3) is 0.263. The number of amides is 1. The molecule has 0 aliphatic heterocycles. The fourth-order valence-corrected chi connectivity index (χ4v) is 3.34. The summed E-state index contributed by atoms with van der Waals surface area (Å²) >= 11 is 0. The van der Waals surface area contributed by atoms with Crippen LogP contribution in [0.1, 0.15) is 34.4 Å². The highest BCUT2D eigenvalue weighted by atomic mass is 16.1. The maximum absolute atomic E-state index is 12.1. The van der Waals surface area contributed by atoms with Gasteiger partial charge < -0.3 is 15.3 Å². The molecule has 124 valence electrons. The molecule has 0 aliphatic rings. The molecule has 0 fully saturated rings. The average molecular weight is 322 g/mol. The van der Waals surface area contributed by atoms with Gasteiger partial charge in [-0.15, -0.1) is 0 Å². The minimum absolute atomic E-state index is 0.374. The molecule has 0 bridgehead atoms. The molecule has 3 N–H and O–H groups in total. The molecule has 1 aromatic carbocycles. The van der Waals surface area contributed by atoms with Gasteiger partial charge in [0.05, 0.1) is 11.9 Å². The smallest absolute Gasteiger partial charge is 0.251 e. The Balaban J connectivity index is 2.10. The van der Waals surface area contributed by atoms with Crippen LogP contribution >= 0.6 is 0 Å². The molecule has 3 aromatic rings. The number of carbonyl (C=O) groups excluding carboxylic acids is 1. The lowest BCUT2D eigenvalue weighted by molar-refractivity contribution is 0.1000. The summed E-state index contributed by atoms with van der Waals surface area (Å²) in [6.45, 7) is 4.86. The van der Waals surface area contributed by atoms with Crippen LogP contribution in [-0.4, -0.2) is 20.4 Å². The molecular formula is C19H22N4O. The van der Waals surface area contributed by atoms with Crippen molar-refractivity contribution in [3.63, 3.8) is 0 Å². The van der Waals surface area contributed by atoms with E-state index < -0.39 is 0 Å². The number of aromatic amines is 1. The Morgan fingerprint density at radius 3 is 2.62 bits per heavy atom. The monoisotopic (exact) mass is 322 g/mol. The summed E-state index contributed by atoms with van der Waals surface area (Å²) in [7, 11) is 0. The van der Waals surface area contributed by atoms with E-state index in [2.05, 4.69) is 21.5 Å². The molecule has 5 heteroatoms. The summed E-state index contributed by atoms with van der Waals surface area (Å²) in [4.78, 5) is 19.3. The second kappa shape index (κ2) is 6.74. The number of H-pyrrole nitrogens is 1. The first-order chi connectivity index (χ1) is 11.6. The predicted molar refractivity (Wildman–Crippen MR) is 94.8 cm³/mol. The topological polar surface area (TPSA) is 76.7 Å². The maximum Gasteiger partial charge on any atom is 0.251 e. The third-order valence-electron chi connectivity index (χ3n) is 4.43. The molecule has 5 nitrogen and oxygen atoms in total. The number of aromatic nitrogens is 3. The summed E-state index contributed by atoms with van der Waals surface area (Å²) in [6.07, 6.45) is 5.18. The summed E-state index contributed by atoms with van der Waals surface area (Å²) < 4.78 is 2.21. The van der Waals surface area contributed by atoms with Crippen molar-refractivity contribution in [2.75, 3.05) is 0 Å². The van der Waals surface area contributed by atoms with Crippen molar-refractivity contribution in [1.82, 2.24) is 14.5 Å². The summed E-state index contributed by atoms with van der Waals surface area (Å²) in [6, 6.07) is 9.99. The zero-order valence-electron chi connectivity index (χ0n) is 14.0. The van der Waals surface area contributed by atoms with Crippen molar-refractivity contribution >= 4 is 5.91 Å². The fourth-order valence-electron chi connectivity index (χ4n) is 3.34. The molecule has 24 heavy (non-hydrogen) atoms. The van der Waals surface area contributed by atoms with Crippen molar-refractivity contribution in [2.45, 2.75) is 33.2 Å². The van der Waals surface area contributed by atoms with Crippen LogP contribution in [0.15, 0.2) is 42.9 Å². The molecule has 2 heterocycles. The van der Waals surface area contributed by atoms with Gasteiger partial charge >= 0.3 is 0 Å². The van der Waals surface area contributed by atoms with Gasteiger partial charge in [-0.05, 0) is 18.9 Å². The lowest BCUT2D eigenvalue weighted by Crippen LogP contribution is -2.14. The number of nitrogens with one attached hydrogen (secondary N) is 1. The van der Waals surface area contributed by atoms with E-state index in [9.17, 15) is 4.79 Å². The van der Waals surface area contributed by atoms with E-state index in [0.29, 0.717) is 5.56 Å². The Kier molecular flexibility index (Phi) is 4.51. The SMILES string of the molecule is CCc1c(-c2ccccc2)c(C(N)=O)c(C)n1CCc1cnc[nH]1. The third kappa shape index (κ3) is 2.85. The van der Waals surface area contributed by atoms with Crippen LogP contribution in [0.2, 0.25) is 0 Å². The van der Waals surface area contributed by atoms with Gasteiger partial charge in [-0.25, -0.2) is 4.98 Å². The molecule has 0 saturated heterocycles. The van der Waals surface area contributed by atoms with Gasteiger partial charge in [0.2, 0.25) is 0 Å². The molecule has 3 rings (SSSR count). The minimum atomic E-state index is -0.374. The Labute approximate surface area is 141 Å². The van der Waals surface area contributed by atoms with Crippen molar-refractivity contribution in [3.05, 3.63) is 65.5 Å². The highest BCUT2D eigenvalue weighted by Gasteiger charge is 2.23. The second-order valence-corrected chi connectivity index (χ2v) is 5.84. The first kappa shape index (κ1) is 16.1. The first-order valence-corrected chi connectivity index (χ1v) is 8.17. The molecule has 0 radical (unpaired) electrons. The van der Waals surface area contributed by atoms with Crippen LogP contribution in [0.4, 0.5) is 0 Å². The number of carbonyl (C=O) groups is 1. The van der Waals surface area contributed by atoms with Crippen molar-refractivity contribution < 1.29 is 4.79 Å². The van der Waals surface area contributed by atoms with Crippen LogP contribution in [0.25, 0.3) is 11.1 Å². The molecule has 0 spiro atoms. The zero-order chi connectivity index (χ0) is 17.1. The number of nitrogens with two attached hydrogens (primary N) is 1. The summed E-state index contributed by atoms with van der Waals surface area (Å²) in [5, 5.41) is 0. The van der Waals surface area contributed by atoms with Gasteiger partial charge in [0.15, 0.2) is 0 Å².